The zero-order chi connectivity index (χ0) is 22.5. The number of carbonyl (C=O) groups excluding carboxylic acids is 1. The first kappa shape index (κ1) is 21.9. The van der Waals surface area contributed by atoms with Crippen molar-refractivity contribution in [3.63, 3.8) is 0 Å². The lowest BCUT2D eigenvalue weighted by molar-refractivity contribution is -0.132. The van der Waals surface area contributed by atoms with Crippen LogP contribution in [0.2, 0.25) is 0 Å². The number of hydrogen-bond acceptors (Lipinski definition) is 5. The molecule has 3 heterocycles. The van der Waals surface area contributed by atoms with E-state index in [-0.39, 0.29) is 17.8 Å². The fraction of sp³-hybridized carbons (Fsp3) is 0.360. The quantitative estimate of drug-likeness (QED) is 0.564. The molecule has 1 aliphatic heterocycles. The van der Waals surface area contributed by atoms with Gasteiger partial charge in [-0.1, -0.05) is 18.2 Å². The zero-order valence-electron chi connectivity index (χ0n) is 18.5. The first-order valence-corrected chi connectivity index (χ1v) is 11.1. The largest absolute Gasteiger partial charge is 0.334 e. The van der Waals surface area contributed by atoms with Gasteiger partial charge in [-0.25, -0.2) is 19.3 Å². The maximum Gasteiger partial charge on any atom is 0.228 e. The fourth-order valence-electron chi connectivity index (χ4n) is 4.21. The Morgan fingerprint density at radius 1 is 1.09 bits per heavy atom. The van der Waals surface area contributed by atoms with Crippen LogP contribution in [0.4, 0.5) is 16.2 Å². The number of nitrogens with one attached hydrogen (secondary N) is 1. The number of aromatic nitrogens is 3. The second-order valence-corrected chi connectivity index (χ2v) is 8.27. The minimum atomic E-state index is -0.238. The number of halogens is 1. The van der Waals surface area contributed by atoms with Crippen molar-refractivity contribution in [2.75, 3.05) is 11.9 Å². The van der Waals surface area contributed by atoms with Gasteiger partial charge in [-0.2, -0.15) is 0 Å². The fourth-order valence-corrected chi connectivity index (χ4v) is 4.21. The summed E-state index contributed by atoms with van der Waals surface area (Å²) in [4.78, 5) is 28.5. The van der Waals surface area contributed by atoms with Gasteiger partial charge in [-0.3, -0.25) is 4.79 Å². The molecule has 3 aromatic rings. The molecule has 1 fully saturated rings. The van der Waals surface area contributed by atoms with Crippen molar-refractivity contribution in [2.24, 2.45) is 0 Å². The third-order valence-electron chi connectivity index (χ3n) is 5.68. The molecule has 4 rings (SSSR count). The van der Waals surface area contributed by atoms with Crippen LogP contribution >= 0.6 is 0 Å². The van der Waals surface area contributed by atoms with E-state index in [4.69, 9.17) is 4.98 Å². The normalized spacial score (nSPS) is 15.7. The summed E-state index contributed by atoms with van der Waals surface area (Å²) < 4.78 is 13.1. The molecule has 2 aromatic heterocycles. The maximum atomic E-state index is 13.1. The average Bonchev–Trinajstić information content (AvgIpc) is 3.25. The number of hydrogen-bond donors (Lipinski definition) is 1. The van der Waals surface area contributed by atoms with Crippen LogP contribution in [-0.4, -0.2) is 32.3 Å². The van der Waals surface area contributed by atoms with Crippen molar-refractivity contribution >= 4 is 17.7 Å². The predicted molar refractivity (Wildman–Crippen MR) is 122 cm³/mol. The molecule has 166 valence electrons. The molecule has 1 atom stereocenters. The molecule has 0 spiro atoms. The average molecular weight is 434 g/mol. The van der Waals surface area contributed by atoms with Crippen molar-refractivity contribution in [3.8, 4) is 0 Å². The SMILES string of the molecule is Cc1cc(C)nc(Nc2cccc(C3CCCN3C(=O)CCCc3ccc(F)cc3)n2)n1. The third-order valence-corrected chi connectivity index (χ3v) is 5.68. The first-order valence-electron chi connectivity index (χ1n) is 11.1. The number of amides is 1. The lowest BCUT2D eigenvalue weighted by Gasteiger charge is -2.25. The summed E-state index contributed by atoms with van der Waals surface area (Å²) in [7, 11) is 0. The van der Waals surface area contributed by atoms with Crippen LogP contribution in [0, 0.1) is 19.7 Å². The van der Waals surface area contributed by atoms with Gasteiger partial charge < -0.3 is 10.2 Å². The Kier molecular flexibility index (Phi) is 6.73. The molecule has 0 radical (unpaired) electrons. The molecular formula is C25H28FN5O. The molecule has 0 aliphatic carbocycles. The van der Waals surface area contributed by atoms with Crippen LogP contribution in [0.5, 0.6) is 0 Å². The predicted octanol–water partition coefficient (Wildman–Crippen LogP) is 5.06. The van der Waals surface area contributed by atoms with E-state index >= 15 is 0 Å². The number of aryl methyl sites for hydroxylation is 3. The summed E-state index contributed by atoms with van der Waals surface area (Å²) in [5, 5.41) is 3.19. The number of benzene rings is 1. The third kappa shape index (κ3) is 5.46. The zero-order valence-corrected chi connectivity index (χ0v) is 18.5. The molecule has 1 aliphatic rings. The Labute approximate surface area is 187 Å². The van der Waals surface area contributed by atoms with Gasteiger partial charge in [0.1, 0.15) is 11.6 Å². The highest BCUT2D eigenvalue weighted by atomic mass is 19.1. The molecule has 1 aromatic carbocycles. The number of anilines is 2. The second kappa shape index (κ2) is 9.85. The van der Waals surface area contributed by atoms with Crippen molar-refractivity contribution in [2.45, 2.75) is 52.0 Å². The number of likely N-dealkylation sites (tertiary alicyclic amines) is 1. The lowest BCUT2D eigenvalue weighted by Crippen LogP contribution is -2.30. The highest BCUT2D eigenvalue weighted by Gasteiger charge is 2.30. The molecule has 32 heavy (non-hydrogen) atoms. The molecule has 0 bridgehead atoms. The summed E-state index contributed by atoms with van der Waals surface area (Å²) in [5.74, 6) is 1.10. The van der Waals surface area contributed by atoms with Crippen LogP contribution < -0.4 is 5.32 Å². The van der Waals surface area contributed by atoms with E-state index in [1.54, 1.807) is 12.1 Å². The van der Waals surface area contributed by atoms with Gasteiger partial charge in [-0.05, 0) is 75.4 Å². The smallest absolute Gasteiger partial charge is 0.228 e. The van der Waals surface area contributed by atoms with Gasteiger partial charge in [0.25, 0.3) is 0 Å². The Balaban J connectivity index is 1.39. The van der Waals surface area contributed by atoms with Crippen molar-refractivity contribution < 1.29 is 9.18 Å². The highest BCUT2D eigenvalue weighted by molar-refractivity contribution is 5.77. The summed E-state index contributed by atoms with van der Waals surface area (Å²) in [5.41, 5.74) is 3.71. The molecule has 0 saturated carbocycles. The molecular weight excluding hydrogens is 405 g/mol. The second-order valence-electron chi connectivity index (χ2n) is 8.27. The van der Waals surface area contributed by atoms with Gasteiger partial charge in [0.2, 0.25) is 11.9 Å². The molecule has 1 amide bonds. The van der Waals surface area contributed by atoms with Crippen molar-refractivity contribution in [3.05, 3.63) is 77.0 Å². The Morgan fingerprint density at radius 3 is 2.59 bits per heavy atom. The summed E-state index contributed by atoms with van der Waals surface area (Å²) >= 11 is 0. The van der Waals surface area contributed by atoms with Crippen LogP contribution in [0.3, 0.4) is 0 Å². The van der Waals surface area contributed by atoms with Crippen LogP contribution in [0.15, 0.2) is 48.5 Å². The molecule has 7 heteroatoms. The summed E-state index contributed by atoms with van der Waals surface area (Å²) in [6, 6.07) is 14.2. The van der Waals surface area contributed by atoms with E-state index < -0.39 is 0 Å². The minimum Gasteiger partial charge on any atom is -0.334 e. The Morgan fingerprint density at radius 2 is 1.84 bits per heavy atom. The maximum absolute atomic E-state index is 13.1. The van der Waals surface area contributed by atoms with Gasteiger partial charge in [0.15, 0.2) is 0 Å². The standard InChI is InChI=1S/C25H28FN5O/c1-17-16-18(2)28-25(27-17)30-23-9-4-7-21(29-23)22-8-5-15-31(22)24(32)10-3-6-19-11-13-20(26)14-12-19/h4,7,9,11-14,16,22H,3,5-6,8,10,15H2,1-2H3,(H,27,28,29,30). The number of pyridine rings is 1. The number of carbonyl (C=O) groups is 1. The van der Waals surface area contributed by atoms with E-state index in [2.05, 4.69) is 15.3 Å². The minimum absolute atomic E-state index is 0.0183. The lowest BCUT2D eigenvalue weighted by atomic mass is 10.1. The molecule has 6 nitrogen and oxygen atoms in total. The van der Waals surface area contributed by atoms with E-state index in [0.717, 1.165) is 54.9 Å². The molecule has 1 saturated heterocycles. The van der Waals surface area contributed by atoms with E-state index in [1.165, 1.54) is 12.1 Å². The molecule has 1 unspecified atom stereocenters. The van der Waals surface area contributed by atoms with Crippen LogP contribution in [0.1, 0.15) is 54.4 Å². The monoisotopic (exact) mass is 433 g/mol. The van der Waals surface area contributed by atoms with E-state index in [9.17, 15) is 9.18 Å². The first-order chi connectivity index (χ1) is 15.5. The van der Waals surface area contributed by atoms with E-state index in [0.29, 0.717) is 18.2 Å². The van der Waals surface area contributed by atoms with Crippen molar-refractivity contribution in [1.29, 1.82) is 0 Å². The van der Waals surface area contributed by atoms with Gasteiger partial charge >= 0.3 is 0 Å². The van der Waals surface area contributed by atoms with Crippen molar-refractivity contribution in [1.82, 2.24) is 19.9 Å². The van der Waals surface area contributed by atoms with Gasteiger partial charge in [0, 0.05) is 24.4 Å². The van der Waals surface area contributed by atoms with Gasteiger partial charge in [0.05, 0.1) is 11.7 Å². The molecule has 1 N–H and O–H groups in total. The van der Waals surface area contributed by atoms with Crippen LogP contribution in [0.25, 0.3) is 0 Å². The highest BCUT2D eigenvalue weighted by Crippen LogP contribution is 2.32. The Hall–Kier alpha value is -3.35. The summed E-state index contributed by atoms with van der Waals surface area (Å²) in [6.07, 6.45) is 3.85. The van der Waals surface area contributed by atoms with E-state index in [1.807, 2.05) is 43.0 Å². The van der Waals surface area contributed by atoms with Crippen LogP contribution in [-0.2, 0) is 11.2 Å². The summed E-state index contributed by atoms with van der Waals surface area (Å²) in [6.45, 7) is 4.61. The topological polar surface area (TPSA) is 71.0 Å². The Bertz CT molecular complexity index is 1070. The number of nitrogens with zero attached hydrogens (tertiary/aromatic N) is 4. The van der Waals surface area contributed by atoms with Gasteiger partial charge in [-0.15, -0.1) is 0 Å². The number of rotatable bonds is 7.